The van der Waals surface area contributed by atoms with E-state index in [1.807, 2.05) is 25.8 Å². The van der Waals surface area contributed by atoms with Crippen molar-refractivity contribution in [1.82, 2.24) is 15.1 Å². The molecule has 1 N–H and O–H groups in total. The fraction of sp³-hybridized carbons (Fsp3) is 0.867. The van der Waals surface area contributed by atoms with E-state index in [0.717, 1.165) is 25.7 Å². The first kappa shape index (κ1) is 18.9. The molecule has 0 aliphatic rings. The molecule has 2 amide bonds. The number of rotatable bonds is 9. The highest BCUT2D eigenvalue weighted by Gasteiger charge is 2.24. The lowest BCUT2D eigenvalue weighted by atomic mass is 10.1. The molecule has 0 bridgehead atoms. The molecule has 0 aromatic heterocycles. The highest BCUT2D eigenvalue weighted by molar-refractivity contribution is 5.81. The monoisotopic (exact) mass is 285 g/mol. The third kappa shape index (κ3) is 5.90. The van der Waals surface area contributed by atoms with Crippen molar-refractivity contribution in [2.75, 3.05) is 27.8 Å². The Morgan fingerprint density at radius 2 is 1.80 bits per heavy atom. The molecule has 0 aromatic rings. The van der Waals surface area contributed by atoms with Crippen molar-refractivity contribution >= 4 is 11.8 Å². The minimum Gasteiger partial charge on any atom is -0.358 e. The second kappa shape index (κ2) is 9.75. The number of likely N-dealkylation sites (N-methyl/N-ethyl adjacent to an activating group) is 2. The average Bonchev–Trinajstić information content (AvgIpc) is 2.45. The van der Waals surface area contributed by atoms with Crippen LogP contribution in [0.15, 0.2) is 0 Å². The van der Waals surface area contributed by atoms with E-state index >= 15 is 0 Å². The number of unbranched alkanes of at least 4 members (excludes halogenated alkanes) is 1. The summed E-state index contributed by atoms with van der Waals surface area (Å²) in [7, 11) is 5.35. The Morgan fingerprint density at radius 3 is 2.25 bits per heavy atom. The molecule has 0 radical (unpaired) electrons. The van der Waals surface area contributed by atoms with Crippen molar-refractivity contribution in [2.45, 2.75) is 52.5 Å². The van der Waals surface area contributed by atoms with Crippen molar-refractivity contribution in [2.24, 2.45) is 5.92 Å². The molecule has 2 unspecified atom stereocenters. The Kier molecular flexibility index (Phi) is 9.21. The quantitative estimate of drug-likeness (QED) is 0.656. The molecule has 0 fully saturated rings. The first-order chi connectivity index (χ1) is 9.38. The topological polar surface area (TPSA) is 52.7 Å². The lowest BCUT2D eigenvalue weighted by Crippen LogP contribution is -2.49. The zero-order valence-electron chi connectivity index (χ0n) is 13.9. The van der Waals surface area contributed by atoms with Crippen molar-refractivity contribution < 1.29 is 9.59 Å². The highest BCUT2D eigenvalue weighted by atomic mass is 16.2. The van der Waals surface area contributed by atoms with Crippen LogP contribution in [0.1, 0.15) is 46.5 Å². The normalized spacial score (nSPS) is 13.9. The van der Waals surface area contributed by atoms with Crippen LogP contribution in [0.3, 0.4) is 0 Å². The second-order valence-corrected chi connectivity index (χ2v) is 5.52. The zero-order chi connectivity index (χ0) is 15.7. The van der Waals surface area contributed by atoms with Crippen LogP contribution in [-0.4, -0.2) is 55.5 Å². The van der Waals surface area contributed by atoms with Crippen LogP contribution in [-0.2, 0) is 9.59 Å². The minimum absolute atomic E-state index is 0.0188. The maximum atomic E-state index is 12.1. The Hall–Kier alpha value is -1.10. The molecule has 0 heterocycles. The zero-order valence-corrected chi connectivity index (χ0v) is 13.9. The molecule has 0 aliphatic heterocycles. The number of nitrogens with one attached hydrogen (secondary N) is 1. The summed E-state index contributed by atoms with van der Waals surface area (Å²) < 4.78 is 0. The molecular formula is C15H31N3O2. The highest BCUT2D eigenvalue weighted by Crippen LogP contribution is 2.10. The van der Waals surface area contributed by atoms with Gasteiger partial charge in [0.2, 0.25) is 11.8 Å². The van der Waals surface area contributed by atoms with Crippen molar-refractivity contribution in [3.8, 4) is 0 Å². The SMILES string of the molecule is CCCCC(C(=O)NC)N(C)CN(C)C(=O)C(C)CC. The minimum atomic E-state index is -0.174. The Morgan fingerprint density at radius 1 is 1.20 bits per heavy atom. The van der Waals surface area contributed by atoms with E-state index in [2.05, 4.69) is 12.2 Å². The predicted octanol–water partition coefficient (Wildman–Crippen LogP) is 1.68. The van der Waals surface area contributed by atoms with Gasteiger partial charge < -0.3 is 10.2 Å². The van der Waals surface area contributed by atoms with Crippen LogP contribution in [0.2, 0.25) is 0 Å². The predicted molar refractivity (Wildman–Crippen MR) is 82.2 cm³/mol. The molecule has 5 heteroatoms. The number of amides is 2. The number of hydrogen-bond donors (Lipinski definition) is 1. The van der Waals surface area contributed by atoms with Crippen molar-refractivity contribution in [3.63, 3.8) is 0 Å². The summed E-state index contributed by atoms with van der Waals surface area (Å²) in [4.78, 5) is 27.7. The van der Waals surface area contributed by atoms with Crippen LogP contribution in [0.5, 0.6) is 0 Å². The van der Waals surface area contributed by atoms with Crippen molar-refractivity contribution in [1.29, 1.82) is 0 Å². The van der Waals surface area contributed by atoms with Gasteiger partial charge in [0.05, 0.1) is 12.7 Å². The number of nitrogens with zero attached hydrogens (tertiary/aromatic N) is 2. The number of hydrogen-bond acceptors (Lipinski definition) is 3. The van der Waals surface area contributed by atoms with E-state index in [0.29, 0.717) is 6.67 Å². The van der Waals surface area contributed by atoms with E-state index in [-0.39, 0.29) is 23.8 Å². The average molecular weight is 285 g/mol. The van der Waals surface area contributed by atoms with Gasteiger partial charge in [-0.3, -0.25) is 14.5 Å². The molecule has 20 heavy (non-hydrogen) atoms. The van der Waals surface area contributed by atoms with Gasteiger partial charge in [0.15, 0.2) is 0 Å². The van der Waals surface area contributed by atoms with Crippen LogP contribution in [0.25, 0.3) is 0 Å². The van der Waals surface area contributed by atoms with E-state index in [1.165, 1.54) is 0 Å². The lowest BCUT2D eigenvalue weighted by molar-refractivity contribution is -0.138. The standard InChI is InChI=1S/C15H31N3O2/c1-7-9-10-13(14(19)16-4)17(5)11-18(6)15(20)12(3)8-2/h12-13H,7-11H2,1-6H3,(H,16,19). The van der Waals surface area contributed by atoms with E-state index in [4.69, 9.17) is 0 Å². The first-order valence-corrected chi connectivity index (χ1v) is 7.55. The molecule has 0 spiro atoms. The van der Waals surface area contributed by atoms with E-state index < -0.39 is 0 Å². The second-order valence-electron chi connectivity index (χ2n) is 5.52. The Labute approximate surface area is 123 Å². The largest absolute Gasteiger partial charge is 0.358 e. The summed E-state index contributed by atoms with van der Waals surface area (Å²) in [5.41, 5.74) is 0. The summed E-state index contributed by atoms with van der Waals surface area (Å²) in [5, 5.41) is 2.71. The van der Waals surface area contributed by atoms with Gasteiger partial charge in [-0.2, -0.15) is 0 Å². The fourth-order valence-corrected chi connectivity index (χ4v) is 2.17. The molecule has 0 aliphatic carbocycles. The first-order valence-electron chi connectivity index (χ1n) is 7.55. The smallest absolute Gasteiger partial charge is 0.237 e. The molecule has 0 saturated carbocycles. The molecule has 0 rings (SSSR count). The van der Waals surface area contributed by atoms with Crippen molar-refractivity contribution in [3.05, 3.63) is 0 Å². The van der Waals surface area contributed by atoms with E-state index in [1.54, 1.807) is 19.0 Å². The summed E-state index contributed by atoms with van der Waals surface area (Å²) >= 11 is 0. The van der Waals surface area contributed by atoms with Gasteiger partial charge >= 0.3 is 0 Å². The van der Waals surface area contributed by atoms with Gasteiger partial charge in [-0.15, -0.1) is 0 Å². The van der Waals surface area contributed by atoms with Gasteiger partial charge in [-0.1, -0.05) is 33.6 Å². The Balaban J connectivity index is 4.61. The van der Waals surface area contributed by atoms with Gasteiger partial charge in [-0.25, -0.2) is 0 Å². The molecule has 118 valence electrons. The molecule has 0 aromatic carbocycles. The van der Waals surface area contributed by atoms with Gasteiger partial charge in [0.25, 0.3) is 0 Å². The fourth-order valence-electron chi connectivity index (χ4n) is 2.17. The van der Waals surface area contributed by atoms with E-state index in [9.17, 15) is 9.59 Å². The van der Waals surface area contributed by atoms with Crippen LogP contribution >= 0.6 is 0 Å². The third-order valence-corrected chi connectivity index (χ3v) is 3.76. The summed E-state index contributed by atoms with van der Waals surface area (Å²) in [6.07, 6.45) is 3.72. The number of carbonyl (C=O) groups is 2. The van der Waals surface area contributed by atoms with Crippen LogP contribution < -0.4 is 5.32 Å². The summed E-state index contributed by atoms with van der Waals surface area (Å²) in [6.45, 7) is 6.53. The lowest BCUT2D eigenvalue weighted by Gasteiger charge is -2.31. The van der Waals surface area contributed by atoms with Crippen LogP contribution in [0.4, 0.5) is 0 Å². The van der Waals surface area contributed by atoms with Crippen LogP contribution in [0, 0.1) is 5.92 Å². The maximum absolute atomic E-state index is 12.1. The van der Waals surface area contributed by atoms with Gasteiger partial charge in [0, 0.05) is 20.0 Å². The maximum Gasteiger partial charge on any atom is 0.237 e. The summed E-state index contributed by atoms with van der Waals surface area (Å²) in [6, 6.07) is -0.174. The molecule has 2 atom stereocenters. The molecule has 5 nitrogen and oxygen atoms in total. The summed E-state index contributed by atoms with van der Waals surface area (Å²) in [5.74, 6) is 0.179. The number of carbonyl (C=O) groups excluding carboxylic acids is 2. The van der Waals surface area contributed by atoms with Gasteiger partial charge in [0.1, 0.15) is 0 Å². The van der Waals surface area contributed by atoms with Gasteiger partial charge in [-0.05, 0) is 19.9 Å². The third-order valence-electron chi connectivity index (χ3n) is 3.76. The Bertz CT molecular complexity index is 307. The molecular weight excluding hydrogens is 254 g/mol. The molecule has 0 saturated heterocycles.